The highest BCUT2D eigenvalue weighted by atomic mass is 35.5. The van der Waals surface area contributed by atoms with Gasteiger partial charge in [0.1, 0.15) is 6.04 Å². The van der Waals surface area contributed by atoms with Crippen molar-refractivity contribution in [3.8, 4) is 0 Å². The Bertz CT molecular complexity index is 657. The minimum absolute atomic E-state index is 0.0733. The van der Waals surface area contributed by atoms with E-state index in [-0.39, 0.29) is 24.8 Å². The highest BCUT2D eigenvalue weighted by Crippen LogP contribution is 2.23. The Balaban J connectivity index is 2.25. The summed E-state index contributed by atoms with van der Waals surface area (Å²) in [5.74, 6) is -0.0484. The molecule has 6 nitrogen and oxygen atoms in total. The van der Waals surface area contributed by atoms with Crippen molar-refractivity contribution in [2.24, 2.45) is 16.6 Å². The summed E-state index contributed by atoms with van der Waals surface area (Å²) in [6.45, 7) is 6.01. The van der Waals surface area contributed by atoms with Gasteiger partial charge >= 0.3 is 0 Å². The number of primary amides is 1. The maximum absolute atomic E-state index is 12.5. The van der Waals surface area contributed by atoms with Crippen molar-refractivity contribution in [3.05, 3.63) is 28.8 Å². The second kappa shape index (κ2) is 7.00. The van der Waals surface area contributed by atoms with Gasteiger partial charge in [0, 0.05) is 23.7 Å². The number of aryl methyl sites for hydroxylation is 1. The van der Waals surface area contributed by atoms with Crippen LogP contribution in [-0.2, 0) is 9.59 Å². The summed E-state index contributed by atoms with van der Waals surface area (Å²) in [5, 5.41) is 3.81. The number of carbonyl (C=O) groups is 2. The molecule has 1 aliphatic heterocycles. The Morgan fingerprint density at radius 3 is 2.74 bits per heavy atom. The van der Waals surface area contributed by atoms with Crippen LogP contribution in [0, 0.1) is 12.8 Å². The van der Waals surface area contributed by atoms with Crippen LogP contribution in [0.5, 0.6) is 0 Å². The first-order valence-corrected chi connectivity index (χ1v) is 7.88. The fourth-order valence-corrected chi connectivity index (χ4v) is 2.61. The van der Waals surface area contributed by atoms with E-state index in [1.165, 1.54) is 4.90 Å². The minimum Gasteiger partial charge on any atom is -0.370 e. The van der Waals surface area contributed by atoms with Crippen molar-refractivity contribution >= 4 is 35.1 Å². The summed E-state index contributed by atoms with van der Waals surface area (Å²) < 4.78 is 0. The van der Waals surface area contributed by atoms with E-state index in [9.17, 15) is 9.59 Å². The van der Waals surface area contributed by atoms with Crippen molar-refractivity contribution in [1.29, 1.82) is 0 Å². The van der Waals surface area contributed by atoms with E-state index in [2.05, 4.69) is 10.3 Å². The SMILES string of the molecule is Cc1cc(Cl)ccc1NC1=N[C@H](C(C)C)C(=O)N1CCC(N)=O. The summed E-state index contributed by atoms with van der Waals surface area (Å²) in [7, 11) is 0. The molecule has 1 atom stereocenters. The van der Waals surface area contributed by atoms with Crippen molar-refractivity contribution in [2.75, 3.05) is 11.9 Å². The number of anilines is 1. The molecule has 1 aromatic rings. The molecule has 0 saturated carbocycles. The summed E-state index contributed by atoms with van der Waals surface area (Å²) in [6.07, 6.45) is 0.0941. The minimum atomic E-state index is -0.451. The van der Waals surface area contributed by atoms with E-state index in [0.717, 1.165) is 11.3 Å². The zero-order valence-corrected chi connectivity index (χ0v) is 14.2. The predicted molar refractivity (Wildman–Crippen MR) is 91.4 cm³/mol. The van der Waals surface area contributed by atoms with Crippen LogP contribution in [0.1, 0.15) is 25.8 Å². The van der Waals surface area contributed by atoms with Crippen molar-refractivity contribution in [1.82, 2.24) is 4.90 Å². The number of amides is 2. The number of carbonyl (C=O) groups excluding carboxylic acids is 2. The first-order valence-electron chi connectivity index (χ1n) is 7.50. The van der Waals surface area contributed by atoms with Gasteiger partial charge in [-0.25, -0.2) is 4.99 Å². The molecule has 1 aliphatic rings. The molecule has 0 aliphatic carbocycles. The summed E-state index contributed by atoms with van der Waals surface area (Å²) >= 11 is 5.96. The number of nitrogens with two attached hydrogens (primary N) is 1. The fourth-order valence-electron chi connectivity index (χ4n) is 2.38. The normalized spacial score (nSPS) is 17.6. The Hall–Kier alpha value is -2.08. The topological polar surface area (TPSA) is 87.8 Å². The van der Waals surface area contributed by atoms with E-state index in [4.69, 9.17) is 17.3 Å². The molecule has 3 N–H and O–H groups in total. The standard InChI is InChI=1S/C16H21ClN4O2/c1-9(2)14-15(23)21(7-6-13(18)22)16(20-14)19-12-5-4-11(17)8-10(12)3/h4-5,8-9,14H,6-7H2,1-3H3,(H2,18,22)(H,19,20)/t14-/m1/s1. The van der Waals surface area contributed by atoms with Gasteiger partial charge in [0.05, 0.1) is 0 Å². The van der Waals surface area contributed by atoms with Crippen molar-refractivity contribution < 1.29 is 9.59 Å². The van der Waals surface area contributed by atoms with Crippen LogP contribution < -0.4 is 11.1 Å². The van der Waals surface area contributed by atoms with Crippen LogP contribution in [0.15, 0.2) is 23.2 Å². The molecule has 0 aromatic heterocycles. The molecule has 0 radical (unpaired) electrons. The molecule has 7 heteroatoms. The van der Waals surface area contributed by atoms with E-state index >= 15 is 0 Å². The highest BCUT2D eigenvalue weighted by Gasteiger charge is 2.36. The molecule has 2 rings (SSSR count). The van der Waals surface area contributed by atoms with Gasteiger partial charge in [-0.1, -0.05) is 25.4 Å². The number of benzene rings is 1. The Morgan fingerprint density at radius 1 is 1.48 bits per heavy atom. The Kier molecular flexibility index (Phi) is 5.26. The van der Waals surface area contributed by atoms with Crippen molar-refractivity contribution in [2.45, 2.75) is 33.2 Å². The summed E-state index contributed by atoms with van der Waals surface area (Å²) in [5.41, 5.74) is 6.95. The molecule has 2 amide bonds. The van der Waals surface area contributed by atoms with Crippen molar-refractivity contribution in [3.63, 3.8) is 0 Å². The van der Waals surface area contributed by atoms with Crippen LogP contribution in [0.3, 0.4) is 0 Å². The molecule has 0 fully saturated rings. The summed E-state index contributed by atoms with van der Waals surface area (Å²) in [4.78, 5) is 29.5. The second-order valence-electron chi connectivity index (χ2n) is 5.93. The number of nitrogens with one attached hydrogen (secondary N) is 1. The number of hydrogen-bond acceptors (Lipinski definition) is 4. The zero-order chi connectivity index (χ0) is 17.1. The first kappa shape index (κ1) is 17.3. The number of rotatable bonds is 5. The van der Waals surface area contributed by atoms with Gasteiger partial charge in [0.2, 0.25) is 11.9 Å². The number of aliphatic imine (C=N–C) groups is 1. The number of hydrogen-bond donors (Lipinski definition) is 2. The molecule has 0 unspecified atom stereocenters. The van der Waals surface area contributed by atoms with Gasteiger partial charge in [-0.05, 0) is 36.6 Å². The maximum atomic E-state index is 12.5. The largest absolute Gasteiger partial charge is 0.370 e. The molecular formula is C16H21ClN4O2. The quantitative estimate of drug-likeness (QED) is 0.863. The van der Waals surface area contributed by atoms with Gasteiger partial charge in [-0.15, -0.1) is 0 Å². The molecule has 1 aromatic carbocycles. The van der Waals surface area contributed by atoms with E-state index in [1.54, 1.807) is 6.07 Å². The molecule has 0 saturated heterocycles. The van der Waals surface area contributed by atoms with Gasteiger partial charge in [0.25, 0.3) is 5.91 Å². The Morgan fingerprint density at radius 2 is 2.17 bits per heavy atom. The Labute approximate surface area is 140 Å². The lowest BCUT2D eigenvalue weighted by Gasteiger charge is -2.20. The number of halogens is 1. The third-order valence-corrected chi connectivity index (χ3v) is 3.92. The van der Waals surface area contributed by atoms with Gasteiger partial charge in [-0.3, -0.25) is 14.5 Å². The van der Waals surface area contributed by atoms with Crippen LogP contribution in [0.25, 0.3) is 0 Å². The van der Waals surface area contributed by atoms with Crippen LogP contribution in [0.4, 0.5) is 5.69 Å². The third kappa shape index (κ3) is 4.01. The molecule has 0 bridgehead atoms. The molecule has 124 valence electrons. The molecule has 23 heavy (non-hydrogen) atoms. The number of guanidine groups is 1. The average Bonchev–Trinajstić information content (AvgIpc) is 2.76. The first-order chi connectivity index (χ1) is 10.8. The smallest absolute Gasteiger partial charge is 0.254 e. The lowest BCUT2D eigenvalue weighted by molar-refractivity contribution is -0.128. The molecule has 0 spiro atoms. The predicted octanol–water partition coefficient (Wildman–Crippen LogP) is 2.16. The fraction of sp³-hybridized carbons (Fsp3) is 0.438. The van der Waals surface area contributed by atoms with Crippen LogP contribution >= 0.6 is 11.6 Å². The van der Waals surface area contributed by atoms with Crippen LogP contribution in [0.2, 0.25) is 5.02 Å². The maximum Gasteiger partial charge on any atom is 0.254 e. The van der Waals surface area contributed by atoms with E-state index in [0.29, 0.717) is 11.0 Å². The van der Waals surface area contributed by atoms with Gasteiger partial charge in [0.15, 0.2) is 0 Å². The lowest BCUT2D eigenvalue weighted by Crippen LogP contribution is -2.41. The van der Waals surface area contributed by atoms with E-state index < -0.39 is 11.9 Å². The van der Waals surface area contributed by atoms with E-state index in [1.807, 2.05) is 32.9 Å². The van der Waals surface area contributed by atoms with Crippen LogP contribution in [-0.4, -0.2) is 35.3 Å². The highest BCUT2D eigenvalue weighted by molar-refractivity contribution is 6.30. The third-order valence-electron chi connectivity index (χ3n) is 3.68. The number of nitrogens with zero attached hydrogens (tertiary/aromatic N) is 2. The second-order valence-corrected chi connectivity index (χ2v) is 6.37. The summed E-state index contributed by atoms with van der Waals surface area (Å²) in [6, 6.07) is 4.98. The lowest BCUT2D eigenvalue weighted by atomic mass is 10.1. The van der Waals surface area contributed by atoms with Gasteiger partial charge in [-0.2, -0.15) is 0 Å². The monoisotopic (exact) mass is 336 g/mol. The average molecular weight is 337 g/mol. The van der Waals surface area contributed by atoms with Gasteiger partial charge < -0.3 is 11.1 Å². The molecule has 1 heterocycles. The molecular weight excluding hydrogens is 316 g/mol. The zero-order valence-electron chi connectivity index (χ0n) is 13.5.